The SMILES string of the molecule is CC1C2N(c3ccccc3-c3ccccc3)c3cccnc3N2c2ccccc2C1(C)C. The van der Waals surface area contributed by atoms with Gasteiger partial charge in [-0.1, -0.05) is 87.5 Å². The molecule has 3 aromatic carbocycles. The standard InChI is InChI=1S/C29H27N3/c1-20-28-31(24-16-9-7-14-22(24)21-12-5-4-6-13-21)26-18-11-19-30-27(26)32(28)25-17-10-8-15-23(25)29(20,2)3/h4-20,28H,1-3H3. The van der Waals surface area contributed by atoms with Crippen molar-refractivity contribution < 1.29 is 0 Å². The van der Waals surface area contributed by atoms with E-state index in [-0.39, 0.29) is 11.6 Å². The van der Waals surface area contributed by atoms with Crippen molar-refractivity contribution in [1.29, 1.82) is 0 Å². The fraction of sp³-hybridized carbons (Fsp3) is 0.207. The first-order valence-corrected chi connectivity index (χ1v) is 11.4. The molecule has 6 rings (SSSR count). The van der Waals surface area contributed by atoms with Crippen LogP contribution in [0.1, 0.15) is 26.3 Å². The number of hydrogen-bond donors (Lipinski definition) is 0. The molecular weight excluding hydrogens is 390 g/mol. The van der Waals surface area contributed by atoms with E-state index in [2.05, 4.69) is 122 Å². The lowest BCUT2D eigenvalue weighted by Crippen LogP contribution is -2.53. The Kier molecular flexibility index (Phi) is 4.16. The molecule has 4 aromatic rings. The molecule has 0 fully saturated rings. The summed E-state index contributed by atoms with van der Waals surface area (Å²) >= 11 is 0. The zero-order valence-corrected chi connectivity index (χ0v) is 18.7. The van der Waals surface area contributed by atoms with Gasteiger partial charge in [0.2, 0.25) is 0 Å². The van der Waals surface area contributed by atoms with Crippen molar-refractivity contribution >= 4 is 22.9 Å². The molecule has 2 aliphatic rings. The molecule has 0 amide bonds. The van der Waals surface area contributed by atoms with Crippen molar-refractivity contribution in [3.05, 3.63) is 103 Å². The molecule has 158 valence electrons. The second-order valence-corrected chi connectivity index (χ2v) is 9.41. The summed E-state index contributed by atoms with van der Waals surface area (Å²) in [6.07, 6.45) is 2.06. The number of rotatable bonds is 2. The van der Waals surface area contributed by atoms with Crippen molar-refractivity contribution in [2.24, 2.45) is 5.92 Å². The van der Waals surface area contributed by atoms with E-state index in [1.54, 1.807) is 0 Å². The van der Waals surface area contributed by atoms with Crippen LogP contribution in [-0.2, 0) is 5.41 Å². The number of anilines is 4. The van der Waals surface area contributed by atoms with Gasteiger partial charge in [0, 0.05) is 23.4 Å². The predicted molar refractivity (Wildman–Crippen MR) is 133 cm³/mol. The lowest BCUT2D eigenvalue weighted by Gasteiger charge is -2.49. The van der Waals surface area contributed by atoms with Crippen LogP contribution in [0.3, 0.4) is 0 Å². The Bertz CT molecular complexity index is 1290. The Morgan fingerprint density at radius 2 is 1.34 bits per heavy atom. The van der Waals surface area contributed by atoms with Gasteiger partial charge in [-0.15, -0.1) is 0 Å². The molecule has 0 saturated heterocycles. The Hall–Kier alpha value is -3.59. The summed E-state index contributed by atoms with van der Waals surface area (Å²) in [7, 11) is 0. The second kappa shape index (κ2) is 6.96. The second-order valence-electron chi connectivity index (χ2n) is 9.41. The molecule has 3 heteroatoms. The zero-order valence-electron chi connectivity index (χ0n) is 18.7. The van der Waals surface area contributed by atoms with E-state index in [4.69, 9.17) is 4.98 Å². The van der Waals surface area contributed by atoms with Crippen LogP contribution in [0.4, 0.5) is 22.9 Å². The molecule has 0 radical (unpaired) electrons. The number of hydrogen-bond acceptors (Lipinski definition) is 3. The monoisotopic (exact) mass is 417 g/mol. The highest BCUT2D eigenvalue weighted by Crippen LogP contribution is 2.57. The van der Waals surface area contributed by atoms with Gasteiger partial charge in [0.05, 0.1) is 11.4 Å². The van der Waals surface area contributed by atoms with E-state index in [0.29, 0.717) is 5.92 Å². The van der Waals surface area contributed by atoms with Crippen LogP contribution in [-0.4, -0.2) is 11.1 Å². The maximum Gasteiger partial charge on any atom is 0.158 e. The summed E-state index contributed by atoms with van der Waals surface area (Å²) in [5.74, 6) is 1.41. The highest BCUT2D eigenvalue weighted by molar-refractivity contribution is 5.92. The van der Waals surface area contributed by atoms with E-state index < -0.39 is 0 Å². The maximum absolute atomic E-state index is 4.89. The first kappa shape index (κ1) is 19.1. The summed E-state index contributed by atoms with van der Waals surface area (Å²) in [5, 5.41) is 0. The van der Waals surface area contributed by atoms with Gasteiger partial charge in [-0.25, -0.2) is 4.98 Å². The molecular formula is C29H27N3. The van der Waals surface area contributed by atoms with Gasteiger partial charge in [0.1, 0.15) is 6.17 Å². The molecule has 0 bridgehead atoms. The minimum absolute atomic E-state index is 0.0275. The first-order valence-electron chi connectivity index (χ1n) is 11.4. The molecule has 3 heterocycles. The van der Waals surface area contributed by atoms with Crippen molar-refractivity contribution in [2.75, 3.05) is 9.80 Å². The predicted octanol–water partition coefficient (Wildman–Crippen LogP) is 7.29. The van der Waals surface area contributed by atoms with Gasteiger partial charge in [-0.2, -0.15) is 0 Å². The van der Waals surface area contributed by atoms with Crippen molar-refractivity contribution in [3.63, 3.8) is 0 Å². The van der Waals surface area contributed by atoms with Gasteiger partial charge in [0.25, 0.3) is 0 Å². The van der Waals surface area contributed by atoms with E-state index in [0.717, 1.165) is 5.82 Å². The lowest BCUT2D eigenvalue weighted by atomic mass is 9.69. The van der Waals surface area contributed by atoms with Crippen LogP contribution >= 0.6 is 0 Å². The molecule has 32 heavy (non-hydrogen) atoms. The Morgan fingerprint density at radius 1 is 0.688 bits per heavy atom. The van der Waals surface area contributed by atoms with Gasteiger partial charge in [-0.05, 0) is 40.8 Å². The third kappa shape index (κ3) is 2.57. The average Bonchev–Trinajstić information content (AvgIpc) is 3.18. The molecule has 2 unspecified atom stereocenters. The van der Waals surface area contributed by atoms with Gasteiger partial charge >= 0.3 is 0 Å². The van der Waals surface area contributed by atoms with E-state index in [1.807, 2.05) is 6.20 Å². The Balaban J connectivity index is 1.62. The van der Waals surface area contributed by atoms with Crippen LogP contribution in [0.25, 0.3) is 11.1 Å². The molecule has 2 aliphatic heterocycles. The van der Waals surface area contributed by atoms with Crippen LogP contribution < -0.4 is 9.80 Å². The topological polar surface area (TPSA) is 19.4 Å². The molecule has 2 atom stereocenters. The third-order valence-electron chi connectivity index (χ3n) is 7.47. The molecule has 1 aromatic heterocycles. The summed E-state index contributed by atoms with van der Waals surface area (Å²) in [6.45, 7) is 7.15. The molecule has 0 spiro atoms. The van der Waals surface area contributed by atoms with Crippen molar-refractivity contribution in [1.82, 2.24) is 4.98 Å². The molecule has 0 saturated carbocycles. The Labute approximate surface area is 190 Å². The number of para-hydroxylation sites is 2. The number of nitrogens with zero attached hydrogens (tertiary/aromatic N) is 3. The maximum atomic E-state index is 4.89. The van der Waals surface area contributed by atoms with Crippen LogP contribution in [0.5, 0.6) is 0 Å². The van der Waals surface area contributed by atoms with E-state index >= 15 is 0 Å². The number of fused-ring (bicyclic) bond motifs is 5. The van der Waals surface area contributed by atoms with Gasteiger partial charge in [-0.3, -0.25) is 0 Å². The fourth-order valence-corrected chi connectivity index (χ4v) is 5.51. The minimum atomic E-state index is 0.0275. The minimum Gasteiger partial charge on any atom is -0.316 e. The van der Waals surface area contributed by atoms with Gasteiger partial charge < -0.3 is 9.80 Å². The molecule has 3 nitrogen and oxygen atoms in total. The van der Waals surface area contributed by atoms with Crippen LogP contribution in [0.15, 0.2) is 97.2 Å². The normalized spacial score (nSPS) is 20.5. The van der Waals surface area contributed by atoms with Crippen LogP contribution in [0, 0.1) is 5.92 Å². The largest absolute Gasteiger partial charge is 0.316 e. The van der Waals surface area contributed by atoms with Crippen molar-refractivity contribution in [3.8, 4) is 11.1 Å². The lowest BCUT2D eigenvalue weighted by molar-refractivity contribution is 0.280. The molecule has 0 N–H and O–H groups in total. The smallest absolute Gasteiger partial charge is 0.158 e. The summed E-state index contributed by atoms with van der Waals surface area (Å²) in [5.41, 5.74) is 7.55. The number of aromatic nitrogens is 1. The number of pyridine rings is 1. The summed E-state index contributed by atoms with van der Waals surface area (Å²) < 4.78 is 0. The quantitative estimate of drug-likeness (QED) is 0.341. The summed E-state index contributed by atoms with van der Waals surface area (Å²) in [4.78, 5) is 9.87. The van der Waals surface area contributed by atoms with Gasteiger partial charge in [0.15, 0.2) is 5.82 Å². The number of benzene rings is 3. The third-order valence-corrected chi connectivity index (χ3v) is 7.47. The first-order chi connectivity index (χ1) is 15.6. The van der Waals surface area contributed by atoms with Crippen molar-refractivity contribution in [2.45, 2.75) is 32.4 Å². The highest BCUT2D eigenvalue weighted by Gasteiger charge is 2.51. The van der Waals surface area contributed by atoms with E-state index in [1.165, 1.54) is 33.8 Å². The molecule has 0 aliphatic carbocycles. The Morgan fingerprint density at radius 3 is 2.16 bits per heavy atom. The van der Waals surface area contributed by atoms with E-state index in [9.17, 15) is 0 Å². The highest BCUT2D eigenvalue weighted by atomic mass is 15.5. The average molecular weight is 418 g/mol. The van der Waals surface area contributed by atoms with Crippen LogP contribution in [0.2, 0.25) is 0 Å². The zero-order chi connectivity index (χ0) is 21.9. The summed E-state index contributed by atoms with van der Waals surface area (Å²) in [6, 6.07) is 32.6. The fourth-order valence-electron chi connectivity index (χ4n) is 5.51.